The Morgan fingerprint density at radius 1 is 1.26 bits per heavy atom. The minimum Gasteiger partial charge on any atom is -0.478 e. The van der Waals surface area contributed by atoms with Crippen LogP contribution in [0.15, 0.2) is 61.7 Å². The van der Waals surface area contributed by atoms with Gasteiger partial charge in [-0.2, -0.15) is 0 Å². The molecule has 0 spiro atoms. The van der Waals surface area contributed by atoms with Crippen molar-refractivity contribution in [1.29, 1.82) is 0 Å². The average Bonchev–Trinajstić information content (AvgIpc) is 3.36. The van der Waals surface area contributed by atoms with E-state index < -0.39 is 5.43 Å². The normalized spacial score (nSPS) is 11.0. The number of hydrogen-bond donors (Lipinski definition) is 0. The molecule has 0 aliphatic rings. The highest BCUT2D eigenvalue weighted by molar-refractivity contribution is 7.12. The van der Waals surface area contributed by atoms with Crippen molar-refractivity contribution >= 4 is 39.7 Å². The summed E-state index contributed by atoms with van der Waals surface area (Å²) in [5, 5.41) is 2.52. The van der Waals surface area contributed by atoms with Gasteiger partial charge >= 0.3 is 0 Å². The summed E-state index contributed by atoms with van der Waals surface area (Å²) in [7, 11) is 0. The van der Waals surface area contributed by atoms with E-state index in [0.29, 0.717) is 21.2 Å². The summed E-state index contributed by atoms with van der Waals surface area (Å²) in [6.45, 7) is 1.53. The maximum absolute atomic E-state index is 13.0. The fourth-order valence-electron chi connectivity index (χ4n) is 2.65. The number of rotatable bonds is 5. The molecule has 4 rings (SSSR count). The molecule has 0 saturated heterocycles. The number of Topliss-reactive ketones (excluding diaryl/α,β-unsaturated/α-hetero) is 1. The lowest BCUT2D eigenvalue weighted by Crippen LogP contribution is -2.16. The second-order valence-electron chi connectivity index (χ2n) is 5.85. The second-order valence-corrected chi connectivity index (χ2v) is 7.21. The molecule has 3 heterocycles. The van der Waals surface area contributed by atoms with Crippen molar-refractivity contribution in [3.63, 3.8) is 0 Å². The standard InChI is InChI=1S/C20H13ClO5S/c1-11-8-16-12(9-13(11)21)18(23)20(19(26-16)15-4-2-6-24-15)25-10-14(22)17-5-3-7-27-17/h2-9H,10H2,1H3. The highest BCUT2D eigenvalue weighted by Crippen LogP contribution is 2.33. The van der Waals surface area contributed by atoms with E-state index in [4.69, 9.17) is 25.2 Å². The number of ketones is 1. The van der Waals surface area contributed by atoms with Gasteiger partial charge in [-0.3, -0.25) is 9.59 Å². The summed E-state index contributed by atoms with van der Waals surface area (Å²) in [4.78, 5) is 25.8. The number of halogens is 1. The van der Waals surface area contributed by atoms with Crippen LogP contribution in [0.1, 0.15) is 15.2 Å². The SMILES string of the molecule is Cc1cc2oc(-c3ccco3)c(OCC(=O)c3cccs3)c(=O)c2cc1Cl. The maximum Gasteiger partial charge on any atom is 0.235 e. The number of carbonyl (C=O) groups is 1. The fourth-order valence-corrected chi connectivity index (χ4v) is 3.46. The summed E-state index contributed by atoms with van der Waals surface area (Å²) < 4.78 is 16.9. The van der Waals surface area contributed by atoms with Gasteiger partial charge in [-0.15, -0.1) is 11.3 Å². The Balaban J connectivity index is 1.82. The zero-order valence-corrected chi connectivity index (χ0v) is 15.7. The highest BCUT2D eigenvalue weighted by Gasteiger charge is 2.21. The van der Waals surface area contributed by atoms with Crippen molar-refractivity contribution in [3.8, 4) is 17.3 Å². The van der Waals surface area contributed by atoms with E-state index >= 15 is 0 Å². The maximum atomic E-state index is 13.0. The van der Waals surface area contributed by atoms with Crippen molar-refractivity contribution in [1.82, 2.24) is 0 Å². The molecule has 0 unspecified atom stereocenters. The van der Waals surface area contributed by atoms with Gasteiger partial charge in [0.1, 0.15) is 5.58 Å². The van der Waals surface area contributed by atoms with Gasteiger partial charge in [-0.25, -0.2) is 0 Å². The van der Waals surface area contributed by atoms with E-state index in [2.05, 4.69) is 0 Å². The molecule has 4 aromatic rings. The molecule has 0 atom stereocenters. The molecule has 0 N–H and O–H groups in total. The smallest absolute Gasteiger partial charge is 0.235 e. The van der Waals surface area contributed by atoms with Gasteiger partial charge < -0.3 is 13.6 Å². The van der Waals surface area contributed by atoms with Crippen LogP contribution in [-0.4, -0.2) is 12.4 Å². The van der Waals surface area contributed by atoms with Gasteiger partial charge in [0.15, 0.2) is 12.4 Å². The molecule has 136 valence electrons. The Labute approximate surface area is 162 Å². The van der Waals surface area contributed by atoms with Crippen LogP contribution in [0.2, 0.25) is 5.02 Å². The van der Waals surface area contributed by atoms with Gasteiger partial charge in [0.05, 0.1) is 16.5 Å². The minimum absolute atomic E-state index is 0.0812. The molecule has 0 saturated carbocycles. The third-order valence-corrected chi connectivity index (χ3v) is 5.34. The number of hydrogen-bond acceptors (Lipinski definition) is 6. The van der Waals surface area contributed by atoms with Crippen LogP contribution in [0.5, 0.6) is 5.75 Å². The predicted octanol–water partition coefficient (Wildman–Crippen LogP) is 5.34. The minimum atomic E-state index is -0.413. The van der Waals surface area contributed by atoms with Crippen molar-refractivity contribution in [2.24, 2.45) is 0 Å². The first kappa shape index (κ1) is 17.6. The van der Waals surface area contributed by atoms with Gasteiger partial charge in [0.2, 0.25) is 22.7 Å². The number of carbonyl (C=O) groups excluding carboxylic acids is 1. The van der Waals surface area contributed by atoms with Crippen LogP contribution in [0, 0.1) is 6.92 Å². The van der Waals surface area contributed by atoms with Crippen molar-refractivity contribution < 1.29 is 18.4 Å². The van der Waals surface area contributed by atoms with Gasteiger partial charge in [0.25, 0.3) is 0 Å². The molecule has 0 aliphatic heterocycles. The third-order valence-electron chi connectivity index (χ3n) is 4.02. The number of furan rings is 1. The highest BCUT2D eigenvalue weighted by atomic mass is 35.5. The van der Waals surface area contributed by atoms with Gasteiger partial charge in [0, 0.05) is 5.02 Å². The third kappa shape index (κ3) is 3.29. The van der Waals surface area contributed by atoms with Crippen LogP contribution >= 0.6 is 22.9 Å². The first-order valence-electron chi connectivity index (χ1n) is 8.05. The Morgan fingerprint density at radius 2 is 2.11 bits per heavy atom. The lowest BCUT2D eigenvalue weighted by atomic mass is 10.1. The molecule has 7 heteroatoms. The Kier molecular flexibility index (Phi) is 4.59. The summed E-state index contributed by atoms with van der Waals surface area (Å²) in [6.07, 6.45) is 1.47. The van der Waals surface area contributed by atoms with Crippen molar-refractivity contribution in [2.45, 2.75) is 6.92 Å². The number of aryl methyl sites for hydroxylation is 1. The van der Waals surface area contributed by atoms with E-state index in [1.54, 1.807) is 35.7 Å². The van der Waals surface area contributed by atoms with Crippen molar-refractivity contribution in [2.75, 3.05) is 6.61 Å². The van der Waals surface area contributed by atoms with Crippen LogP contribution in [0.25, 0.3) is 22.5 Å². The van der Waals surface area contributed by atoms with Gasteiger partial charge in [-0.05, 0) is 48.2 Å². The zero-order valence-electron chi connectivity index (χ0n) is 14.2. The Hall–Kier alpha value is -2.83. The quantitative estimate of drug-likeness (QED) is 0.423. The number of thiophene rings is 1. The topological polar surface area (TPSA) is 69.7 Å². The first-order valence-corrected chi connectivity index (χ1v) is 9.30. The second kappa shape index (κ2) is 7.06. The van der Waals surface area contributed by atoms with E-state index in [1.807, 2.05) is 6.92 Å². The summed E-state index contributed by atoms with van der Waals surface area (Å²) in [5.41, 5.74) is 0.730. The largest absolute Gasteiger partial charge is 0.478 e. The molecule has 1 aromatic carbocycles. The van der Waals surface area contributed by atoms with Crippen LogP contribution in [0.4, 0.5) is 0 Å². The Bertz CT molecular complexity index is 1170. The molecule has 0 aliphatic carbocycles. The molecule has 3 aromatic heterocycles. The number of fused-ring (bicyclic) bond motifs is 1. The summed E-state index contributed by atoms with van der Waals surface area (Å²) in [5.74, 6) is 0.164. The lowest BCUT2D eigenvalue weighted by Gasteiger charge is -2.10. The predicted molar refractivity (Wildman–Crippen MR) is 104 cm³/mol. The monoisotopic (exact) mass is 400 g/mol. The Morgan fingerprint density at radius 3 is 2.81 bits per heavy atom. The molecule has 0 radical (unpaired) electrons. The van der Waals surface area contributed by atoms with Crippen LogP contribution < -0.4 is 10.2 Å². The number of benzene rings is 1. The molecule has 0 fully saturated rings. The van der Waals surface area contributed by atoms with Gasteiger partial charge in [-0.1, -0.05) is 17.7 Å². The molecular formula is C20H13ClO5S. The van der Waals surface area contributed by atoms with Crippen LogP contribution in [-0.2, 0) is 0 Å². The summed E-state index contributed by atoms with van der Waals surface area (Å²) in [6, 6.07) is 10.0. The van der Waals surface area contributed by atoms with E-state index in [9.17, 15) is 9.59 Å². The van der Waals surface area contributed by atoms with Crippen molar-refractivity contribution in [3.05, 3.63) is 73.7 Å². The van der Waals surface area contributed by atoms with E-state index in [1.165, 1.54) is 23.7 Å². The lowest BCUT2D eigenvalue weighted by molar-refractivity contribution is 0.0924. The molecule has 27 heavy (non-hydrogen) atoms. The first-order chi connectivity index (χ1) is 13.0. The summed E-state index contributed by atoms with van der Waals surface area (Å²) >= 11 is 7.47. The molecule has 0 amide bonds. The van der Waals surface area contributed by atoms with Crippen LogP contribution in [0.3, 0.4) is 0 Å². The zero-order chi connectivity index (χ0) is 19.0. The average molecular weight is 401 g/mol. The van der Waals surface area contributed by atoms with E-state index in [0.717, 1.165) is 5.56 Å². The number of ether oxygens (including phenoxy) is 1. The molecular weight excluding hydrogens is 388 g/mol. The fraction of sp³-hybridized carbons (Fsp3) is 0.100. The van der Waals surface area contributed by atoms with E-state index in [-0.39, 0.29) is 29.3 Å². The molecule has 0 bridgehead atoms. The molecule has 5 nitrogen and oxygen atoms in total.